The van der Waals surface area contributed by atoms with Crippen molar-refractivity contribution in [2.45, 2.75) is 13.0 Å². The first-order chi connectivity index (χ1) is 8.91. The molecule has 2 N–H and O–H groups in total. The topological polar surface area (TPSA) is 26.0 Å². The van der Waals surface area contributed by atoms with Gasteiger partial charge < -0.3 is 5.73 Å². The van der Waals surface area contributed by atoms with Crippen molar-refractivity contribution in [2.75, 3.05) is 0 Å². The summed E-state index contributed by atoms with van der Waals surface area (Å²) >= 11 is 12.5. The summed E-state index contributed by atoms with van der Waals surface area (Å²) in [5.41, 5.74) is 8.42. The zero-order valence-electron chi connectivity index (χ0n) is 10.1. The van der Waals surface area contributed by atoms with Crippen LogP contribution in [0.25, 0.3) is 0 Å². The monoisotopic (exact) mass is 405 g/mol. The molecule has 1 unspecified atom stereocenters. The zero-order valence-corrected chi connectivity index (χ0v) is 14.0. The van der Waals surface area contributed by atoms with Crippen LogP contribution < -0.4 is 5.73 Å². The highest BCUT2D eigenvalue weighted by molar-refractivity contribution is 9.10. The normalized spacial score (nSPS) is 12.5. The fourth-order valence-corrected chi connectivity index (χ4v) is 2.89. The van der Waals surface area contributed by atoms with Crippen molar-refractivity contribution < 1.29 is 4.39 Å². The molecular formula is C14H11Br2ClFN. The Bertz CT molecular complexity index is 631. The Hall–Kier alpha value is -0.420. The van der Waals surface area contributed by atoms with Crippen molar-refractivity contribution in [3.63, 3.8) is 0 Å². The number of benzene rings is 2. The number of hydrogen-bond acceptors (Lipinski definition) is 1. The quantitative estimate of drug-likeness (QED) is 0.667. The van der Waals surface area contributed by atoms with Gasteiger partial charge in [0.25, 0.3) is 0 Å². The first kappa shape index (κ1) is 15.0. The third kappa shape index (κ3) is 3.02. The van der Waals surface area contributed by atoms with Crippen LogP contribution in [0.1, 0.15) is 22.7 Å². The van der Waals surface area contributed by atoms with Gasteiger partial charge in [-0.15, -0.1) is 0 Å². The summed E-state index contributed by atoms with van der Waals surface area (Å²) in [5.74, 6) is -0.481. The predicted octanol–water partition coefficient (Wildman–Crippen LogP) is 5.36. The van der Waals surface area contributed by atoms with Gasteiger partial charge in [-0.3, -0.25) is 0 Å². The van der Waals surface area contributed by atoms with Crippen molar-refractivity contribution >= 4 is 43.5 Å². The molecule has 2 aromatic carbocycles. The molecule has 0 heterocycles. The fraction of sp³-hybridized carbons (Fsp3) is 0.143. The van der Waals surface area contributed by atoms with E-state index in [4.69, 9.17) is 17.3 Å². The molecule has 0 aliphatic carbocycles. The van der Waals surface area contributed by atoms with Gasteiger partial charge in [0.15, 0.2) is 0 Å². The Kier molecular flexibility index (Phi) is 4.66. The largest absolute Gasteiger partial charge is 0.320 e. The molecule has 0 bridgehead atoms. The molecule has 0 fully saturated rings. The summed E-state index contributed by atoms with van der Waals surface area (Å²) in [6.45, 7) is 1.94. The summed E-state index contributed by atoms with van der Waals surface area (Å²) in [6.07, 6.45) is 0. The standard InChI is InChI=1S/C14H11Br2ClFN/c1-7-6-8(15)2-3-9(7)14(19)10-4-5-11(16)12(17)13(10)18/h2-6,14H,19H2,1H3. The van der Waals surface area contributed by atoms with E-state index in [1.165, 1.54) is 0 Å². The van der Waals surface area contributed by atoms with Crippen LogP contribution in [0.5, 0.6) is 0 Å². The second-order valence-corrected chi connectivity index (χ2v) is 6.39. The van der Waals surface area contributed by atoms with E-state index in [1.807, 2.05) is 25.1 Å². The summed E-state index contributed by atoms with van der Waals surface area (Å²) in [5, 5.41) is 0.0581. The lowest BCUT2D eigenvalue weighted by Crippen LogP contribution is -2.15. The molecule has 0 spiro atoms. The average molecular weight is 408 g/mol. The molecule has 0 amide bonds. The van der Waals surface area contributed by atoms with E-state index in [-0.39, 0.29) is 5.02 Å². The van der Waals surface area contributed by atoms with Crippen LogP contribution in [0.15, 0.2) is 39.3 Å². The number of hydrogen-bond donors (Lipinski definition) is 1. The minimum absolute atomic E-state index is 0.0581. The second kappa shape index (κ2) is 5.92. The van der Waals surface area contributed by atoms with Gasteiger partial charge >= 0.3 is 0 Å². The van der Waals surface area contributed by atoms with Crippen molar-refractivity contribution in [3.8, 4) is 0 Å². The molecule has 1 atom stereocenters. The van der Waals surface area contributed by atoms with E-state index in [1.54, 1.807) is 12.1 Å². The molecule has 0 aliphatic rings. The van der Waals surface area contributed by atoms with Gasteiger partial charge in [-0.05, 0) is 52.2 Å². The third-order valence-electron chi connectivity index (χ3n) is 2.97. The van der Waals surface area contributed by atoms with Crippen LogP contribution in [-0.4, -0.2) is 0 Å². The molecule has 19 heavy (non-hydrogen) atoms. The Labute approximate surface area is 133 Å². The molecule has 0 saturated carbocycles. The van der Waals surface area contributed by atoms with Crippen LogP contribution in [0.3, 0.4) is 0 Å². The van der Waals surface area contributed by atoms with E-state index >= 15 is 0 Å². The highest BCUT2D eigenvalue weighted by atomic mass is 79.9. The third-order valence-corrected chi connectivity index (χ3v) is 4.72. The summed E-state index contributed by atoms with van der Waals surface area (Å²) in [7, 11) is 0. The van der Waals surface area contributed by atoms with Crippen LogP contribution in [0, 0.1) is 12.7 Å². The van der Waals surface area contributed by atoms with E-state index < -0.39 is 11.9 Å². The Morgan fingerprint density at radius 3 is 2.42 bits per heavy atom. The molecule has 5 heteroatoms. The summed E-state index contributed by atoms with van der Waals surface area (Å²) < 4.78 is 15.6. The lowest BCUT2D eigenvalue weighted by Gasteiger charge is -2.17. The maximum atomic E-state index is 14.2. The zero-order chi connectivity index (χ0) is 14.2. The first-order valence-corrected chi connectivity index (χ1v) is 7.53. The van der Waals surface area contributed by atoms with Gasteiger partial charge in [-0.25, -0.2) is 4.39 Å². The molecule has 2 aromatic rings. The maximum absolute atomic E-state index is 14.2. The SMILES string of the molecule is Cc1cc(Br)ccc1C(N)c1ccc(Br)c(Cl)c1F. The Balaban J connectivity index is 2.50. The number of halogens is 4. The van der Waals surface area contributed by atoms with Crippen LogP contribution in [0.2, 0.25) is 5.02 Å². The van der Waals surface area contributed by atoms with Crippen molar-refractivity contribution in [3.05, 3.63) is 66.8 Å². The molecule has 2 rings (SSSR count). The van der Waals surface area contributed by atoms with E-state index in [2.05, 4.69) is 31.9 Å². The summed E-state index contributed by atoms with van der Waals surface area (Å²) in [6, 6.07) is 8.54. The minimum atomic E-state index is -0.543. The smallest absolute Gasteiger partial charge is 0.148 e. The highest BCUT2D eigenvalue weighted by Gasteiger charge is 2.18. The number of nitrogens with two attached hydrogens (primary N) is 1. The minimum Gasteiger partial charge on any atom is -0.320 e. The van der Waals surface area contributed by atoms with Gasteiger partial charge in [-0.2, -0.15) is 0 Å². The molecular weight excluding hydrogens is 396 g/mol. The molecule has 100 valence electrons. The Morgan fingerprint density at radius 1 is 1.16 bits per heavy atom. The maximum Gasteiger partial charge on any atom is 0.148 e. The Morgan fingerprint density at radius 2 is 1.79 bits per heavy atom. The van der Waals surface area contributed by atoms with Gasteiger partial charge in [0.2, 0.25) is 0 Å². The van der Waals surface area contributed by atoms with Gasteiger partial charge in [0, 0.05) is 14.5 Å². The van der Waals surface area contributed by atoms with E-state index in [9.17, 15) is 4.39 Å². The van der Waals surface area contributed by atoms with Crippen molar-refractivity contribution in [2.24, 2.45) is 5.73 Å². The lowest BCUT2D eigenvalue weighted by atomic mass is 9.95. The molecule has 1 nitrogen and oxygen atoms in total. The van der Waals surface area contributed by atoms with Gasteiger partial charge in [0.1, 0.15) is 5.82 Å². The number of rotatable bonds is 2. The molecule has 0 aromatic heterocycles. The van der Waals surface area contributed by atoms with Crippen molar-refractivity contribution in [1.82, 2.24) is 0 Å². The highest BCUT2D eigenvalue weighted by Crippen LogP contribution is 2.33. The van der Waals surface area contributed by atoms with Crippen LogP contribution in [-0.2, 0) is 0 Å². The predicted molar refractivity (Wildman–Crippen MR) is 84.0 cm³/mol. The van der Waals surface area contributed by atoms with Crippen molar-refractivity contribution in [1.29, 1.82) is 0 Å². The lowest BCUT2D eigenvalue weighted by molar-refractivity contribution is 0.599. The molecule has 0 radical (unpaired) electrons. The van der Waals surface area contributed by atoms with E-state index in [0.29, 0.717) is 10.0 Å². The second-order valence-electron chi connectivity index (χ2n) is 4.24. The van der Waals surface area contributed by atoms with E-state index in [0.717, 1.165) is 15.6 Å². The van der Waals surface area contributed by atoms with Gasteiger partial charge in [0.05, 0.1) is 11.1 Å². The van der Waals surface area contributed by atoms with Crippen LogP contribution >= 0.6 is 43.5 Å². The van der Waals surface area contributed by atoms with Gasteiger partial charge in [-0.1, -0.05) is 39.7 Å². The molecule has 0 aliphatic heterocycles. The fourth-order valence-electron chi connectivity index (χ4n) is 1.94. The van der Waals surface area contributed by atoms with Crippen LogP contribution in [0.4, 0.5) is 4.39 Å². The average Bonchev–Trinajstić information content (AvgIpc) is 2.35. The number of aryl methyl sites for hydroxylation is 1. The first-order valence-electron chi connectivity index (χ1n) is 5.57. The summed E-state index contributed by atoms with van der Waals surface area (Å²) in [4.78, 5) is 0. The molecule has 0 saturated heterocycles.